The molecule has 0 amide bonds. The average Bonchev–Trinajstić information content (AvgIpc) is 2.48. The Balaban J connectivity index is 2.18. The van der Waals surface area contributed by atoms with E-state index in [1.165, 1.54) is 16.7 Å². The number of carboxylic acid groups (broad SMARTS) is 1. The van der Waals surface area contributed by atoms with Gasteiger partial charge in [0.15, 0.2) is 0 Å². The summed E-state index contributed by atoms with van der Waals surface area (Å²) < 4.78 is 0. The van der Waals surface area contributed by atoms with E-state index in [9.17, 15) is 4.79 Å². The summed E-state index contributed by atoms with van der Waals surface area (Å²) in [5, 5.41) is 12.5. The first-order chi connectivity index (χ1) is 10.5. The predicted octanol–water partition coefficient (Wildman–Crippen LogP) is 1.27. The lowest BCUT2D eigenvalue weighted by molar-refractivity contribution is -0.138. The van der Waals surface area contributed by atoms with Gasteiger partial charge in [-0.3, -0.25) is 14.6 Å². The van der Waals surface area contributed by atoms with Gasteiger partial charge in [0.1, 0.15) is 0 Å². The molecule has 122 valence electrons. The third-order valence-corrected chi connectivity index (χ3v) is 4.47. The van der Waals surface area contributed by atoms with Crippen molar-refractivity contribution < 1.29 is 9.90 Å². The van der Waals surface area contributed by atoms with Crippen LogP contribution in [0, 0.1) is 13.8 Å². The first-order valence-electron chi connectivity index (χ1n) is 7.89. The van der Waals surface area contributed by atoms with Gasteiger partial charge in [-0.1, -0.05) is 18.2 Å². The van der Waals surface area contributed by atoms with Crippen LogP contribution < -0.4 is 5.32 Å². The maximum atomic E-state index is 11.1. The number of carboxylic acids is 1. The number of hydrogen-bond acceptors (Lipinski definition) is 4. The third-order valence-electron chi connectivity index (χ3n) is 4.47. The van der Waals surface area contributed by atoms with E-state index in [-0.39, 0.29) is 12.6 Å². The second-order valence-electron chi connectivity index (χ2n) is 6.22. The fourth-order valence-corrected chi connectivity index (χ4v) is 2.93. The molecule has 0 aliphatic carbocycles. The molecular formula is C17H27N3O2. The molecule has 0 bridgehead atoms. The number of carbonyl (C=O) groups is 1. The molecule has 1 fully saturated rings. The van der Waals surface area contributed by atoms with E-state index < -0.39 is 5.97 Å². The Bertz CT molecular complexity index is 513. The van der Waals surface area contributed by atoms with Gasteiger partial charge in [-0.25, -0.2) is 0 Å². The molecule has 5 heteroatoms. The minimum absolute atomic E-state index is 0.0592. The van der Waals surface area contributed by atoms with E-state index in [4.69, 9.17) is 5.11 Å². The van der Waals surface area contributed by atoms with Gasteiger partial charge >= 0.3 is 5.97 Å². The van der Waals surface area contributed by atoms with Crippen LogP contribution in [0.15, 0.2) is 18.2 Å². The zero-order valence-corrected chi connectivity index (χ0v) is 13.8. The molecule has 1 aromatic carbocycles. The Hall–Kier alpha value is -1.43. The van der Waals surface area contributed by atoms with Crippen LogP contribution in [0.4, 0.5) is 0 Å². The van der Waals surface area contributed by atoms with Crippen LogP contribution in [-0.2, 0) is 4.79 Å². The topological polar surface area (TPSA) is 55.8 Å². The lowest BCUT2D eigenvalue weighted by Gasteiger charge is -2.35. The zero-order valence-electron chi connectivity index (χ0n) is 13.8. The molecule has 22 heavy (non-hydrogen) atoms. The Morgan fingerprint density at radius 1 is 1.32 bits per heavy atom. The van der Waals surface area contributed by atoms with Gasteiger partial charge in [-0.05, 0) is 37.6 Å². The van der Waals surface area contributed by atoms with Crippen LogP contribution in [0.1, 0.15) is 22.7 Å². The third kappa shape index (κ3) is 4.53. The van der Waals surface area contributed by atoms with Crippen molar-refractivity contribution in [1.29, 1.82) is 0 Å². The lowest BCUT2D eigenvalue weighted by atomic mass is 9.99. The second-order valence-corrected chi connectivity index (χ2v) is 6.22. The molecule has 2 rings (SSSR count). The molecule has 1 heterocycles. The number of aliphatic carboxylic acids is 1. The fourth-order valence-electron chi connectivity index (χ4n) is 2.93. The predicted molar refractivity (Wildman–Crippen MR) is 88.2 cm³/mol. The monoisotopic (exact) mass is 305 g/mol. The summed E-state index contributed by atoms with van der Waals surface area (Å²) in [6, 6.07) is 6.56. The first kappa shape index (κ1) is 16.9. The number of hydrogen-bond donors (Lipinski definition) is 2. The van der Waals surface area contributed by atoms with Gasteiger partial charge in [-0.15, -0.1) is 0 Å². The van der Waals surface area contributed by atoms with Crippen LogP contribution in [0.3, 0.4) is 0 Å². The van der Waals surface area contributed by atoms with E-state index in [1.807, 2.05) is 11.9 Å². The molecule has 1 atom stereocenters. The van der Waals surface area contributed by atoms with Gasteiger partial charge in [0, 0.05) is 38.8 Å². The van der Waals surface area contributed by atoms with E-state index in [0.717, 1.165) is 32.7 Å². The van der Waals surface area contributed by atoms with Crippen molar-refractivity contribution in [2.45, 2.75) is 19.9 Å². The van der Waals surface area contributed by atoms with Gasteiger partial charge in [-0.2, -0.15) is 0 Å². The summed E-state index contributed by atoms with van der Waals surface area (Å²) in [4.78, 5) is 15.4. The highest BCUT2D eigenvalue weighted by Gasteiger charge is 2.23. The van der Waals surface area contributed by atoms with Crippen molar-refractivity contribution >= 4 is 5.97 Å². The van der Waals surface area contributed by atoms with Crippen LogP contribution in [0.2, 0.25) is 0 Å². The molecule has 1 saturated heterocycles. The highest BCUT2D eigenvalue weighted by atomic mass is 16.4. The van der Waals surface area contributed by atoms with Crippen molar-refractivity contribution in [2.24, 2.45) is 0 Å². The van der Waals surface area contributed by atoms with Gasteiger partial charge in [0.25, 0.3) is 0 Å². The molecule has 0 aromatic heterocycles. The Morgan fingerprint density at radius 3 is 2.59 bits per heavy atom. The summed E-state index contributed by atoms with van der Waals surface area (Å²) in [7, 11) is 1.90. The van der Waals surface area contributed by atoms with E-state index in [0.29, 0.717) is 0 Å². The Labute approximate surface area is 132 Å². The maximum absolute atomic E-state index is 11.1. The Morgan fingerprint density at radius 2 is 2.00 bits per heavy atom. The molecule has 1 aliphatic rings. The van der Waals surface area contributed by atoms with Crippen LogP contribution in [0.25, 0.3) is 0 Å². The number of rotatable bonds is 6. The molecular weight excluding hydrogens is 278 g/mol. The second kappa shape index (κ2) is 7.72. The summed E-state index contributed by atoms with van der Waals surface area (Å²) in [6.07, 6.45) is 0. The zero-order chi connectivity index (χ0) is 16.1. The molecule has 1 aromatic rings. The SMILES string of the molecule is Cc1ccc(C(CN2CCNCC2)N(C)CC(=O)O)cc1C. The summed E-state index contributed by atoms with van der Waals surface area (Å²) in [5.74, 6) is -0.781. The molecule has 5 nitrogen and oxygen atoms in total. The standard InChI is InChI=1S/C17H27N3O2/c1-13-4-5-15(10-14(13)2)16(19(3)12-17(21)22)11-20-8-6-18-7-9-20/h4-5,10,16,18H,6-9,11-12H2,1-3H3,(H,21,22). The van der Waals surface area contributed by atoms with Gasteiger partial charge in [0.2, 0.25) is 0 Å². The van der Waals surface area contributed by atoms with Crippen molar-refractivity contribution in [3.05, 3.63) is 34.9 Å². The van der Waals surface area contributed by atoms with E-state index >= 15 is 0 Å². The van der Waals surface area contributed by atoms with Gasteiger partial charge < -0.3 is 10.4 Å². The molecule has 1 unspecified atom stereocenters. The highest BCUT2D eigenvalue weighted by Crippen LogP contribution is 2.23. The molecule has 1 aliphatic heterocycles. The minimum Gasteiger partial charge on any atom is -0.480 e. The van der Waals surface area contributed by atoms with Crippen LogP contribution >= 0.6 is 0 Å². The number of nitrogens with zero attached hydrogens (tertiary/aromatic N) is 2. The number of piperazine rings is 1. The minimum atomic E-state index is -0.781. The fraction of sp³-hybridized carbons (Fsp3) is 0.588. The van der Waals surface area contributed by atoms with Crippen molar-refractivity contribution in [3.63, 3.8) is 0 Å². The smallest absolute Gasteiger partial charge is 0.317 e. The van der Waals surface area contributed by atoms with Gasteiger partial charge in [0.05, 0.1) is 6.54 Å². The molecule has 0 radical (unpaired) electrons. The molecule has 2 N–H and O–H groups in total. The van der Waals surface area contributed by atoms with Crippen LogP contribution in [0.5, 0.6) is 0 Å². The largest absolute Gasteiger partial charge is 0.480 e. The number of aryl methyl sites for hydroxylation is 2. The summed E-state index contributed by atoms with van der Waals surface area (Å²) in [6.45, 7) is 9.18. The number of benzene rings is 1. The highest BCUT2D eigenvalue weighted by molar-refractivity contribution is 5.69. The number of likely N-dealkylation sites (N-methyl/N-ethyl adjacent to an activating group) is 1. The molecule has 0 spiro atoms. The lowest BCUT2D eigenvalue weighted by Crippen LogP contribution is -2.47. The van der Waals surface area contributed by atoms with Crippen molar-refractivity contribution in [3.8, 4) is 0 Å². The molecule has 0 saturated carbocycles. The van der Waals surface area contributed by atoms with E-state index in [2.05, 4.69) is 42.3 Å². The first-order valence-corrected chi connectivity index (χ1v) is 7.89. The number of nitrogens with one attached hydrogen (secondary N) is 1. The normalized spacial score (nSPS) is 17.6. The van der Waals surface area contributed by atoms with Crippen LogP contribution in [-0.4, -0.2) is 67.2 Å². The van der Waals surface area contributed by atoms with Crippen molar-refractivity contribution in [2.75, 3.05) is 46.3 Å². The Kier molecular flexibility index (Phi) is 5.94. The average molecular weight is 305 g/mol. The van der Waals surface area contributed by atoms with E-state index in [1.54, 1.807) is 0 Å². The van der Waals surface area contributed by atoms with Crippen molar-refractivity contribution in [1.82, 2.24) is 15.1 Å². The summed E-state index contributed by atoms with van der Waals surface area (Å²) in [5.41, 5.74) is 3.72. The summed E-state index contributed by atoms with van der Waals surface area (Å²) >= 11 is 0. The maximum Gasteiger partial charge on any atom is 0.317 e. The quantitative estimate of drug-likeness (QED) is 0.829.